The Labute approximate surface area is 189 Å². The molecule has 0 spiro atoms. The molecule has 2 aliphatic heterocycles. The summed E-state index contributed by atoms with van der Waals surface area (Å²) in [7, 11) is 3.86. The number of nitrogens with one attached hydrogen (secondary N) is 1. The molecule has 0 radical (unpaired) electrons. The van der Waals surface area contributed by atoms with Gasteiger partial charge in [-0.05, 0) is 31.5 Å². The second kappa shape index (κ2) is 9.30. The Bertz CT molecular complexity index is 1070. The van der Waals surface area contributed by atoms with Gasteiger partial charge in [0.1, 0.15) is 11.7 Å². The summed E-state index contributed by atoms with van der Waals surface area (Å²) in [6.45, 7) is 6.02. The van der Waals surface area contributed by atoms with Crippen LogP contribution in [0.3, 0.4) is 0 Å². The fourth-order valence-electron chi connectivity index (χ4n) is 4.24. The van der Waals surface area contributed by atoms with Gasteiger partial charge in [0.25, 0.3) is 0 Å². The van der Waals surface area contributed by atoms with Gasteiger partial charge in [-0.3, -0.25) is 4.99 Å². The Hall–Kier alpha value is -3.54. The number of aliphatic imine (C=N–C) groups is 1. The molecule has 1 N–H and O–H groups in total. The van der Waals surface area contributed by atoms with Crippen LogP contribution in [0.2, 0.25) is 0 Å². The minimum atomic E-state index is -0.300. The van der Waals surface area contributed by atoms with E-state index in [1.807, 2.05) is 64.3 Å². The van der Waals surface area contributed by atoms with E-state index in [4.69, 9.17) is 4.74 Å². The maximum absolute atomic E-state index is 13.2. The number of para-hydroxylation sites is 1. The van der Waals surface area contributed by atoms with Crippen LogP contribution in [-0.4, -0.2) is 50.5 Å². The van der Waals surface area contributed by atoms with Gasteiger partial charge in [-0.25, -0.2) is 4.79 Å². The van der Waals surface area contributed by atoms with Crippen molar-refractivity contribution >= 4 is 17.5 Å². The van der Waals surface area contributed by atoms with Crippen LogP contribution in [0.25, 0.3) is 0 Å². The molecule has 0 aliphatic carbocycles. The lowest BCUT2D eigenvalue weighted by molar-refractivity contribution is -0.138. The Morgan fingerprint density at radius 3 is 2.28 bits per heavy atom. The lowest BCUT2D eigenvalue weighted by Crippen LogP contribution is -2.40. The molecule has 166 valence electrons. The summed E-state index contributed by atoms with van der Waals surface area (Å²) < 4.78 is 5.50. The van der Waals surface area contributed by atoms with Crippen molar-refractivity contribution in [3.05, 3.63) is 88.9 Å². The van der Waals surface area contributed by atoms with Gasteiger partial charge in [-0.2, -0.15) is 0 Å². The Kier molecular flexibility index (Phi) is 6.30. The van der Waals surface area contributed by atoms with Crippen molar-refractivity contribution in [2.45, 2.75) is 19.8 Å². The van der Waals surface area contributed by atoms with Gasteiger partial charge < -0.3 is 19.9 Å². The Morgan fingerprint density at radius 2 is 1.72 bits per heavy atom. The molecule has 6 heteroatoms. The molecule has 1 atom stereocenters. The van der Waals surface area contributed by atoms with Gasteiger partial charge >= 0.3 is 5.97 Å². The molecule has 1 saturated heterocycles. The fourth-order valence-corrected chi connectivity index (χ4v) is 4.24. The van der Waals surface area contributed by atoms with E-state index >= 15 is 0 Å². The molecular formula is C26H30N4O2. The molecule has 0 amide bonds. The van der Waals surface area contributed by atoms with Crippen LogP contribution in [0.4, 0.5) is 5.69 Å². The van der Waals surface area contributed by atoms with Gasteiger partial charge in [0.2, 0.25) is 0 Å². The largest absolute Gasteiger partial charge is 0.463 e. The zero-order chi connectivity index (χ0) is 22.7. The van der Waals surface area contributed by atoms with Gasteiger partial charge in [0, 0.05) is 44.1 Å². The number of hydrogen-bond donors (Lipinski definition) is 1. The summed E-state index contributed by atoms with van der Waals surface area (Å²) in [5.74, 6) is 1.23. The molecule has 0 aromatic heterocycles. The molecule has 2 aromatic carbocycles. The number of nitrogens with zero attached hydrogens (tertiary/aromatic N) is 3. The first kappa shape index (κ1) is 21.7. The normalized spacial score (nSPS) is 18.4. The molecule has 6 nitrogen and oxygen atoms in total. The number of benzene rings is 2. The zero-order valence-corrected chi connectivity index (χ0v) is 19.1. The van der Waals surface area contributed by atoms with E-state index in [1.165, 1.54) is 0 Å². The van der Waals surface area contributed by atoms with Crippen molar-refractivity contribution in [3.8, 4) is 0 Å². The van der Waals surface area contributed by atoms with Crippen molar-refractivity contribution in [2.24, 2.45) is 4.99 Å². The van der Waals surface area contributed by atoms with Crippen molar-refractivity contribution in [2.75, 3.05) is 38.7 Å². The first-order chi connectivity index (χ1) is 15.6. The summed E-state index contributed by atoms with van der Waals surface area (Å²) >= 11 is 0. The molecule has 0 bridgehead atoms. The molecule has 4 rings (SSSR count). The average Bonchev–Trinajstić information content (AvgIpc) is 3.66. The Balaban J connectivity index is 1.95. The monoisotopic (exact) mass is 430 g/mol. The number of esters is 1. The van der Waals surface area contributed by atoms with E-state index in [0.717, 1.165) is 47.3 Å². The van der Waals surface area contributed by atoms with E-state index in [9.17, 15) is 4.79 Å². The number of carbonyl (C=O) groups excluding carboxylic acids is 1. The van der Waals surface area contributed by atoms with Crippen LogP contribution in [0.5, 0.6) is 0 Å². The lowest BCUT2D eigenvalue weighted by Gasteiger charge is -2.37. The number of rotatable bonds is 6. The van der Waals surface area contributed by atoms with E-state index in [2.05, 4.69) is 44.4 Å². The van der Waals surface area contributed by atoms with Gasteiger partial charge in [-0.1, -0.05) is 48.5 Å². The number of allylic oxidation sites excluding steroid dienone is 1. The maximum Gasteiger partial charge on any atom is 0.336 e. The average molecular weight is 431 g/mol. The van der Waals surface area contributed by atoms with E-state index in [-0.39, 0.29) is 11.9 Å². The highest BCUT2D eigenvalue weighted by Crippen LogP contribution is 2.41. The summed E-state index contributed by atoms with van der Waals surface area (Å²) in [5.41, 5.74) is 4.49. The Morgan fingerprint density at radius 1 is 1.09 bits per heavy atom. The number of hydrogen-bond acceptors (Lipinski definition) is 5. The van der Waals surface area contributed by atoms with Crippen LogP contribution in [0, 0.1) is 0 Å². The molecule has 32 heavy (non-hydrogen) atoms. The number of dihydropyridines is 1. The van der Waals surface area contributed by atoms with Crippen LogP contribution in [-0.2, 0) is 9.53 Å². The number of carbonyl (C=O) groups is 1. The molecule has 0 saturated carbocycles. The summed E-state index contributed by atoms with van der Waals surface area (Å²) in [6, 6.07) is 20.3. The topological polar surface area (TPSA) is 56.9 Å². The fraction of sp³-hybridized carbons (Fsp3) is 0.308. The third kappa shape index (κ3) is 4.13. The predicted octanol–water partition coefficient (Wildman–Crippen LogP) is 3.90. The maximum atomic E-state index is 13.2. The molecule has 1 unspecified atom stereocenters. The lowest BCUT2D eigenvalue weighted by atomic mass is 9.80. The highest BCUT2D eigenvalue weighted by molar-refractivity contribution is 6.06. The SMILES string of the molecule is CCOC(=O)C1=C(C)NC(N(C)c2ccccc2)=C(C(=NC)N2CC2)C1c1ccccc1. The van der Waals surface area contributed by atoms with E-state index < -0.39 is 0 Å². The van der Waals surface area contributed by atoms with Crippen LogP contribution < -0.4 is 10.2 Å². The third-order valence-electron chi connectivity index (χ3n) is 5.85. The number of anilines is 1. The zero-order valence-electron chi connectivity index (χ0n) is 19.1. The van der Waals surface area contributed by atoms with Crippen molar-refractivity contribution in [1.29, 1.82) is 0 Å². The summed E-state index contributed by atoms with van der Waals surface area (Å²) in [5, 5.41) is 3.53. The first-order valence-corrected chi connectivity index (χ1v) is 11.0. The van der Waals surface area contributed by atoms with E-state index in [1.54, 1.807) is 0 Å². The molecule has 2 aliphatic rings. The highest BCUT2D eigenvalue weighted by Gasteiger charge is 2.41. The van der Waals surface area contributed by atoms with Gasteiger partial charge in [0.05, 0.1) is 18.1 Å². The van der Waals surface area contributed by atoms with Crippen molar-refractivity contribution in [3.63, 3.8) is 0 Å². The molecule has 2 heterocycles. The van der Waals surface area contributed by atoms with Crippen LogP contribution >= 0.6 is 0 Å². The number of amidine groups is 1. The van der Waals surface area contributed by atoms with Crippen molar-refractivity contribution < 1.29 is 9.53 Å². The first-order valence-electron chi connectivity index (χ1n) is 11.0. The minimum absolute atomic E-state index is 0.294. The molecule has 2 aromatic rings. The smallest absolute Gasteiger partial charge is 0.336 e. The molecular weight excluding hydrogens is 400 g/mol. The van der Waals surface area contributed by atoms with Gasteiger partial charge in [0.15, 0.2) is 0 Å². The van der Waals surface area contributed by atoms with Crippen LogP contribution in [0.1, 0.15) is 25.3 Å². The third-order valence-corrected chi connectivity index (χ3v) is 5.85. The second-order valence-corrected chi connectivity index (χ2v) is 7.92. The highest BCUT2D eigenvalue weighted by atomic mass is 16.5. The quantitative estimate of drug-likeness (QED) is 0.326. The molecule has 1 fully saturated rings. The second-order valence-electron chi connectivity index (χ2n) is 7.92. The minimum Gasteiger partial charge on any atom is -0.463 e. The summed E-state index contributed by atoms with van der Waals surface area (Å²) in [6.07, 6.45) is 0. The number of ether oxygens (including phenoxy) is 1. The van der Waals surface area contributed by atoms with Crippen LogP contribution in [0.15, 0.2) is 88.3 Å². The summed E-state index contributed by atoms with van der Waals surface area (Å²) in [4.78, 5) is 22.2. The van der Waals surface area contributed by atoms with Crippen molar-refractivity contribution in [1.82, 2.24) is 10.2 Å². The van der Waals surface area contributed by atoms with Gasteiger partial charge in [-0.15, -0.1) is 0 Å². The van der Waals surface area contributed by atoms with E-state index in [0.29, 0.717) is 12.2 Å². The standard InChI is InChI=1S/C26H30N4O2/c1-5-32-26(31)21-18(2)28-25(29(4)20-14-10-7-11-15-20)23(24(27-3)30-16-17-30)22(21)19-12-8-6-9-13-19/h6-15,22,28H,5,16-17H2,1-4H3. The predicted molar refractivity (Wildman–Crippen MR) is 128 cm³/mol.